The maximum absolute atomic E-state index is 12.7. The van der Waals surface area contributed by atoms with Gasteiger partial charge < -0.3 is 10.2 Å². The van der Waals surface area contributed by atoms with Gasteiger partial charge in [0, 0.05) is 6.04 Å². The Balaban J connectivity index is 3.10. The van der Waals surface area contributed by atoms with E-state index in [0.717, 1.165) is 12.8 Å². The van der Waals surface area contributed by atoms with Crippen molar-refractivity contribution in [2.24, 2.45) is 5.92 Å². The van der Waals surface area contributed by atoms with E-state index < -0.39 is 5.54 Å². The number of nitrogens with one attached hydrogen (secondary N) is 1. The summed E-state index contributed by atoms with van der Waals surface area (Å²) < 4.78 is 0. The third kappa shape index (κ3) is 2.93. The highest BCUT2D eigenvalue weighted by Gasteiger charge is 2.47. The molecule has 2 atom stereocenters. The lowest BCUT2D eigenvalue weighted by Gasteiger charge is -2.47. The van der Waals surface area contributed by atoms with Crippen molar-refractivity contribution in [2.45, 2.75) is 78.4 Å². The molecule has 2 amide bonds. The number of hydrogen-bond donors (Lipinski definition) is 1. The molecule has 0 saturated carbocycles. The van der Waals surface area contributed by atoms with Crippen molar-refractivity contribution in [3.8, 4) is 0 Å². The summed E-state index contributed by atoms with van der Waals surface area (Å²) in [7, 11) is 0. The highest BCUT2D eigenvalue weighted by molar-refractivity contribution is 5.99. The Bertz CT molecular complexity index is 348. The predicted octanol–water partition coefficient (Wildman–Crippen LogP) is 2.33. The van der Waals surface area contributed by atoms with Crippen molar-refractivity contribution in [3.05, 3.63) is 0 Å². The number of carbonyl (C=O) groups excluding carboxylic acids is 2. The van der Waals surface area contributed by atoms with Crippen LogP contribution in [0.25, 0.3) is 0 Å². The normalized spacial score (nSPS) is 24.6. The Morgan fingerprint density at radius 3 is 2.16 bits per heavy atom. The molecule has 0 spiro atoms. The maximum atomic E-state index is 12.7. The molecule has 0 aromatic carbocycles. The largest absolute Gasteiger partial charge is 0.340 e. The first-order valence-corrected chi connectivity index (χ1v) is 7.44. The summed E-state index contributed by atoms with van der Waals surface area (Å²) in [5, 5.41) is 2.84. The van der Waals surface area contributed by atoms with Crippen LogP contribution >= 0.6 is 0 Å². The lowest BCUT2D eigenvalue weighted by molar-refractivity contribution is -0.157. The molecular weight excluding hydrogens is 240 g/mol. The van der Waals surface area contributed by atoms with Gasteiger partial charge in [0.1, 0.15) is 11.6 Å². The molecule has 1 rings (SSSR count). The van der Waals surface area contributed by atoms with E-state index >= 15 is 0 Å². The molecule has 4 nitrogen and oxygen atoms in total. The van der Waals surface area contributed by atoms with Gasteiger partial charge in [0.15, 0.2) is 0 Å². The third-order valence-electron chi connectivity index (χ3n) is 4.40. The van der Waals surface area contributed by atoms with E-state index in [4.69, 9.17) is 0 Å². The smallest absolute Gasteiger partial charge is 0.248 e. The quantitative estimate of drug-likeness (QED) is 0.832. The average molecular weight is 268 g/mol. The van der Waals surface area contributed by atoms with Gasteiger partial charge in [0.05, 0.1) is 0 Å². The van der Waals surface area contributed by atoms with Gasteiger partial charge in [0.25, 0.3) is 0 Å². The third-order valence-corrected chi connectivity index (χ3v) is 4.40. The minimum atomic E-state index is -0.789. The van der Waals surface area contributed by atoms with Crippen LogP contribution in [-0.4, -0.2) is 34.3 Å². The standard InChI is InChI=1S/C15H28N2O2/c1-7-11(8-2)10(4)17-12(9-3)13(18)16-15(5,6)14(17)19/h10-12H,7-9H2,1-6H3,(H,16,18). The fourth-order valence-corrected chi connectivity index (χ4v) is 3.08. The highest BCUT2D eigenvalue weighted by atomic mass is 16.2. The summed E-state index contributed by atoms with van der Waals surface area (Å²) in [5.41, 5.74) is -0.789. The van der Waals surface area contributed by atoms with Crippen molar-refractivity contribution >= 4 is 11.8 Å². The number of rotatable bonds is 5. The monoisotopic (exact) mass is 268 g/mol. The zero-order valence-electron chi connectivity index (χ0n) is 13.1. The second kappa shape index (κ2) is 5.93. The van der Waals surface area contributed by atoms with Crippen LogP contribution in [-0.2, 0) is 9.59 Å². The maximum Gasteiger partial charge on any atom is 0.248 e. The molecule has 2 unspecified atom stereocenters. The number of carbonyl (C=O) groups is 2. The van der Waals surface area contributed by atoms with E-state index in [9.17, 15) is 9.59 Å². The molecule has 1 fully saturated rings. The summed E-state index contributed by atoms with van der Waals surface area (Å²) in [5.74, 6) is 0.461. The Hall–Kier alpha value is -1.06. The molecule has 1 aliphatic rings. The van der Waals surface area contributed by atoms with Gasteiger partial charge in [-0.25, -0.2) is 0 Å². The highest BCUT2D eigenvalue weighted by Crippen LogP contribution is 2.27. The van der Waals surface area contributed by atoms with Gasteiger partial charge in [-0.2, -0.15) is 0 Å². The van der Waals surface area contributed by atoms with Gasteiger partial charge in [-0.15, -0.1) is 0 Å². The van der Waals surface area contributed by atoms with Crippen LogP contribution in [0.5, 0.6) is 0 Å². The number of piperazine rings is 1. The summed E-state index contributed by atoms with van der Waals surface area (Å²) in [6.45, 7) is 11.9. The SMILES string of the molecule is CCC(CC)C(C)N1C(=O)C(C)(C)NC(=O)C1CC. The van der Waals surface area contributed by atoms with Gasteiger partial charge in [0.2, 0.25) is 11.8 Å². The zero-order valence-corrected chi connectivity index (χ0v) is 13.1. The summed E-state index contributed by atoms with van der Waals surface area (Å²) in [4.78, 5) is 26.7. The molecule has 0 aromatic rings. The van der Waals surface area contributed by atoms with Gasteiger partial charge >= 0.3 is 0 Å². The molecule has 110 valence electrons. The van der Waals surface area contributed by atoms with Gasteiger partial charge in [-0.1, -0.05) is 33.6 Å². The van der Waals surface area contributed by atoms with Crippen LogP contribution < -0.4 is 5.32 Å². The fraction of sp³-hybridized carbons (Fsp3) is 0.867. The summed E-state index contributed by atoms with van der Waals surface area (Å²) >= 11 is 0. The van der Waals surface area contributed by atoms with Crippen LogP contribution in [0.2, 0.25) is 0 Å². The van der Waals surface area contributed by atoms with Crippen LogP contribution in [0.15, 0.2) is 0 Å². The van der Waals surface area contributed by atoms with E-state index in [0.29, 0.717) is 12.3 Å². The molecule has 1 N–H and O–H groups in total. The average Bonchev–Trinajstić information content (AvgIpc) is 2.34. The van der Waals surface area contributed by atoms with Gasteiger partial charge in [-0.3, -0.25) is 9.59 Å². The molecule has 1 aliphatic heterocycles. The van der Waals surface area contributed by atoms with E-state index in [1.54, 1.807) is 13.8 Å². The summed E-state index contributed by atoms with van der Waals surface area (Å²) in [6.07, 6.45) is 2.72. The second-order valence-corrected chi connectivity index (χ2v) is 6.07. The topological polar surface area (TPSA) is 49.4 Å². The Labute approximate surface area is 116 Å². The summed E-state index contributed by atoms with van der Waals surface area (Å²) in [6, 6.07) is -0.214. The van der Waals surface area contributed by atoms with Crippen LogP contribution in [0.4, 0.5) is 0 Å². The van der Waals surface area contributed by atoms with Crippen molar-refractivity contribution in [2.75, 3.05) is 0 Å². The lowest BCUT2D eigenvalue weighted by atomic mass is 9.88. The van der Waals surface area contributed by atoms with Crippen LogP contribution in [0.1, 0.15) is 60.8 Å². The molecule has 0 bridgehead atoms. The molecule has 0 aromatic heterocycles. The zero-order chi connectivity index (χ0) is 14.8. The second-order valence-electron chi connectivity index (χ2n) is 6.07. The van der Waals surface area contributed by atoms with Crippen LogP contribution in [0.3, 0.4) is 0 Å². The van der Waals surface area contributed by atoms with E-state index in [1.807, 2.05) is 11.8 Å². The van der Waals surface area contributed by atoms with Crippen molar-refractivity contribution in [3.63, 3.8) is 0 Å². The predicted molar refractivity (Wildman–Crippen MR) is 76.7 cm³/mol. The van der Waals surface area contributed by atoms with Crippen molar-refractivity contribution < 1.29 is 9.59 Å². The number of amides is 2. The Morgan fingerprint density at radius 1 is 1.21 bits per heavy atom. The minimum absolute atomic E-state index is 0.0232. The number of nitrogens with zero attached hydrogens (tertiary/aromatic N) is 1. The van der Waals surface area contributed by atoms with Crippen molar-refractivity contribution in [1.29, 1.82) is 0 Å². The molecular formula is C15H28N2O2. The molecule has 1 saturated heterocycles. The fourth-order valence-electron chi connectivity index (χ4n) is 3.08. The van der Waals surface area contributed by atoms with Crippen molar-refractivity contribution in [1.82, 2.24) is 10.2 Å². The first-order valence-electron chi connectivity index (χ1n) is 7.44. The number of hydrogen-bond acceptors (Lipinski definition) is 2. The molecule has 4 heteroatoms. The Morgan fingerprint density at radius 2 is 1.74 bits per heavy atom. The van der Waals surface area contributed by atoms with E-state index in [1.165, 1.54) is 0 Å². The molecule has 1 heterocycles. The Kier molecular flexibility index (Phi) is 4.99. The first-order chi connectivity index (χ1) is 8.80. The van der Waals surface area contributed by atoms with Gasteiger partial charge in [-0.05, 0) is 33.1 Å². The first kappa shape index (κ1) is 16.0. The molecule has 0 radical (unpaired) electrons. The lowest BCUT2D eigenvalue weighted by Crippen LogP contribution is -2.70. The molecule has 19 heavy (non-hydrogen) atoms. The van der Waals surface area contributed by atoms with E-state index in [2.05, 4.69) is 26.1 Å². The minimum Gasteiger partial charge on any atom is -0.340 e. The van der Waals surface area contributed by atoms with E-state index in [-0.39, 0.29) is 23.9 Å². The molecule has 0 aliphatic carbocycles. The van der Waals surface area contributed by atoms with Crippen LogP contribution in [0, 0.1) is 5.92 Å².